The number of benzene rings is 2. The maximum Gasteiger partial charge on any atom is 0.161 e. The minimum Gasteiger partial charge on any atom is -0.384 e. The molecule has 7 nitrogen and oxygen atoms in total. The molecule has 0 amide bonds. The van der Waals surface area contributed by atoms with Crippen LogP contribution < -0.4 is 20.9 Å². The molecular weight excluding hydrogens is 455 g/mol. The Labute approximate surface area is 205 Å². The van der Waals surface area contributed by atoms with Gasteiger partial charge >= 0.3 is 0 Å². The Hall–Kier alpha value is -3.23. The van der Waals surface area contributed by atoms with Crippen LogP contribution in [0.1, 0.15) is 19.4 Å². The van der Waals surface area contributed by atoms with E-state index >= 15 is 0 Å². The van der Waals surface area contributed by atoms with E-state index in [2.05, 4.69) is 43.0 Å². The lowest BCUT2D eigenvalue weighted by atomic mass is 10.1. The Morgan fingerprint density at radius 1 is 1.12 bits per heavy atom. The molecule has 1 aliphatic rings. The Morgan fingerprint density at radius 3 is 2.41 bits per heavy atom. The third-order valence-corrected chi connectivity index (χ3v) is 5.36. The van der Waals surface area contributed by atoms with Crippen LogP contribution in [0.5, 0.6) is 0 Å². The van der Waals surface area contributed by atoms with Crippen LogP contribution >= 0.6 is 11.6 Å². The standard InChI is InChI=1S/C22H24ClFN6.C2H6.CH2O/c1-25-20-14-28-21(15-3-6-18(7-4-15)30-10-8-26-9-11-30)29-22(20)27-13-16-2-5-17(23)12-19(16)24;2*1-2/h2-7,12,14,25-26H,8-11,13H2,1H3,(H,27,28,29);1-2H3;1H2. The second-order valence-corrected chi connectivity index (χ2v) is 7.52. The zero-order chi connectivity index (χ0) is 24.9. The second kappa shape index (κ2) is 14.1. The first-order valence-corrected chi connectivity index (χ1v) is 11.6. The van der Waals surface area contributed by atoms with Crippen molar-refractivity contribution in [3.8, 4) is 11.4 Å². The Morgan fingerprint density at radius 2 is 1.79 bits per heavy atom. The first kappa shape index (κ1) is 27.0. The van der Waals surface area contributed by atoms with Gasteiger partial charge in [0, 0.05) is 61.6 Å². The number of nitrogens with zero attached hydrogens (tertiary/aromatic N) is 3. The molecule has 1 aromatic heterocycles. The minimum absolute atomic E-state index is 0.288. The van der Waals surface area contributed by atoms with Gasteiger partial charge in [0.25, 0.3) is 0 Å². The normalized spacial score (nSPS) is 12.6. The van der Waals surface area contributed by atoms with Gasteiger partial charge in [0.1, 0.15) is 12.6 Å². The molecule has 1 saturated heterocycles. The van der Waals surface area contributed by atoms with Crippen LogP contribution in [0.25, 0.3) is 11.4 Å². The van der Waals surface area contributed by atoms with Crippen molar-refractivity contribution < 1.29 is 9.18 Å². The third-order valence-electron chi connectivity index (χ3n) is 5.13. The van der Waals surface area contributed by atoms with E-state index in [-0.39, 0.29) is 12.4 Å². The first-order valence-electron chi connectivity index (χ1n) is 11.2. The molecule has 4 rings (SSSR count). The van der Waals surface area contributed by atoms with Crippen molar-refractivity contribution in [3.63, 3.8) is 0 Å². The van der Waals surface area contributed by atoms with E-state index < -0.39 is 0 Å². The topological polar surface area (TPSA) is 82.2 Å². The van der Waals surface area contributed by atoms with Crippen LogP contribution in [0.15, 0.2) is 48.7 Å². The lowest BCUT2D eigenvalue weighted by molar-refractivity contribution is -0.0979. The summed E-state index contributed by atoms with van der Waals surface area (Å²) in [6, 6.07) is 12.9. The molecular formula is C25H32ClFN6O. The highest BCUT2D eigenvalue weighted by molar-refractivity contribution is 6.30. The summed E-state index contributed by atoms with van der Waals surface area (Å²) >= 11 is 5.83. The van der Waals surface area contributed by atoms with Crippen molar-refractivity contribution in [2.24, 2.45) is 0 Å². The molecule has 0 saturated carbocycles. The highest BCUT2D eigenvalue weighted by Crippen LogP contribution is 2.26. The molecule has 182 valence electrons. The lowest BCUT2D eigenvalue weighted by Crippen LogP contribution is -2.43. The fourth-order valence-electron chi connectivity index (χ4n) is 3.43. The van der Waals surface area contributed by atoms with Gasteiger partial charge < -0.3 is 25.6 Å². The number of piperazine rings is 1. The number of carbonyl (C=O) groups excluding carboxylic acids is 1. The molecule has 0 unspecified atom stereocenters. The van der Waals surface area contributed by atoms with Crippen LogP contribution in [0.3, 0.4) is 0 Å². The van der Waals surface area contributed by atoms with Crippen molar-refractivity contribution >= 4 is 35.6 Å². The fraction of sp³-hybridized carbons (Fsp3) is 0.320. The molecule has 2 heterocycles. The van der Waals surface area contributed by atoms with E-state index in [4.69, 9.17) is 16.4 Å². The molecule has 0 radical (unpaired) electrons. The van der Waals surface area contributed by atoms with Crippen molar-refractivity contribution in [1.82, 2.24) is 15.3 Å². The smallest absolute Gasteiger partial charge is 0.161 e. The van der Waals surface area contributed by atoms with Crippen LogP contribution in [-0.4, -0.2) is 50.0 Å². The van der Waals surface area contributed by atoms with Crippen LogP contribution in [0.2, 0.25) is 5.02 Å². The van der Waals surface area contributed by atoms with Crippen molar-refractivity contribution in [1.29, 1.82) is 0 Å². The molecule has 1 aliphatic heterocycles. The Balaban J connectivity index is 0.000000970. The summed E-state index contributed by atoms with van der Waals surface area (Å²) < 4.78 is 14.1. The van der Waals surface area contributed by atoms with E-state index in [1.54, 1.807) is 25.4 Å². The van der Waals surface area contributed by atoms with Gasteiger partial charge in [-0.3, -0.25) is 0 Å². The number of carbonyl (C=O) groups is 1. The number of aromatic nitrogens is 2. The minimum atomic E-state index is -0.348. The quantitative estimate of drug-likeness (QED) is 0.460. The zero-order valence-electron chi connectivity index (χ0n) is 19.9. The number of anilines is 3. The van der Waals surface area contributed by atoms with Gasteiger partial charge in [-0.05, 0) is 36.4 Å². The lowest BCUT2D eigenvalue weighted by Gasteiger charge is -2.29. The maximum absolute atomic E-state index is 14.1. The van der Waals surface area contributed by atoms with E-state index in [1.165, 1.54) is 11.8 Å². The summed E-state index contributed by atoms with van der Waals surface area (Å²) in [5.74, 6) is 0.877. The third kappa shape index (κ3) is 7.13. The van der Waals surface area contributed by atoms with Gasteiger partial charge in [0.05, 0.1) is 11.9 Å². The maximum atomic E-state index is 14.1. The van der Waals surface area contributed by atoms with Crippen LogP contribution in [-0.2, 0) is 11.3 Å². The molecule has 34 heavy (non-hydrogen) atoms. The van der Waals surface area contributed by atoms with E-state index in [0.717, 1.165) is 37.4 Å². The molecule has 3 aromatic rings. The van der Waals surface area contributed by atoms with Crippen LogP contribution in [0.4, 0.5) is 21.6 Å². The summed E-state index contributed by atoms with van der Waals surface area (Å²) in [7, 11) is 1.80. The predicted molar refractivity (Wildman–Crippen MR) is 139 cm³/mol. The van der Waals surface area contributed by atoms with Crippen molar-refractivity contribution in [2.75, 3.05) is 48.8 Å². The van der Waals surface area contributed by atoms with Gasteiger partial charge in [-0.2, -0.15) is 0 Å². The fourth-order valence-corrected chi connectivity index (χ4v) is 3.59. The average Bonchev–Trinajstić information content (AvgIpc) is 2.91. The molecule has 0 aliphatic carbocycles. The van der Waals surface area contributed by atoms with Gasteiger partial charge in [-0.1, -0.05) is 31.5 Å². The van der Waals surface area contributed by atoms with E-state index in [1.807, 2.05) is 32.8 Å². The monoisotopic (exact) mass is 486 g/mol. The second-order valence-electron chi connectivity index (χ2n) is 7.08. The van der Waals surface area contributed by atoms with E-state index in [9.17, 15) is 4.39 Å². The zero-order valence-corrected chi connectivity index (χ0v) is 20.6. The first-order chi connectivity index (χ1) is 16.6. The van der Waals surface area contributed by atoms with Gasteiger partial charge in [0.15, 0.2) is 11.6 Å². The average molecular weight is 487 g/mol. The van der Waals surface area contributed by atoms with Crippen molar-refractivity contribution in [3.05, 3.63) is 65.1 Å². The molecule has 9 heteroatoms. The van der Waals surface area contributed by atoms with Gasteiger partial charge in [0.2, 0.25) is 0 Å². The summed E-state index contributed by atoms with van der Waals surface area (Å²) in [5.41, 5.74) is 3.38. The number of hydrogen-bond acceptors (Lipinski definition) is 7. The number of halogens is 2. The van der Waals surface area contributed by atoms with Gasteiger partial charge in [-0.25, -0.2) is 14.4 Å². The summed E-state index contributed by atoms with van der Waals surface area (Å²) in [4.78, 5) is 19.5. The predicted octanol–water partition coefficient (Wildman–Crippen LogP) is 4.84. The number of rotatable bonds is 6. The molecule has 1 fully saturated rings. The Kier molecular flexibility index (Phi) is 11.2. The van der Waals surface area contributed by atoms with Crippen molar-refractivity contribution in [2.45, 2.75) is 20.4 Å². The SMILES string of the molecule is C=O.CC.CNc1cnc(-c2ccc(N3CCNCC3)cc2)nc1NCc1ccc(Cl)cc1F. The number of hydrogen-bond donors (Lipinski definition) is 3. The summed E-state index contributed by atoms with van der Waals surface area (Å²) in [5, 5.41) is 10.0. The highest BCUT2D eigenvalue weighted by atomic mass is 35.5. The molecule has 2 aromatic carbocycles. The molecule has 0 atom stereocenters. The highest BCUT2D eigenvalue weighted by Gasteiger charge is 2.12. The summed E-state index contributed by atoms with van der Waals surface area (Å²) in [6.45, 7) is 10.3. The number of nitrogens with one attached hydrogen (secondary N) is 3. The molecule has 3 N–H and O–H groups in total. The Bertz CT molecular complexity index is 1030. The van der Waals surface area contributed by atoms with Gasteiger partial charge in [-0.15, -0.1) is 0 Å². The molecule has 0 bridgehead atoms. The molecule has 0 spiro atoms. The summed E-state index contributed by atoms with van der Waals surface area (Å²) in [6.07, 6.45) is 1.73. The largest absolute Gasteiger partial charge is 0.384 e. The van der Waals surface area contributed by atoms with E-state index in [0.29, 0.717) is 22.2 Å². The van der Waals surface area contributed by atoms with Crippen LogP contribution in [0, 0.1) is 5.82 Å².